The van der Waals surface area contributed by atoms with Gasteiger partial charge in [-0.3, -0.25) is 28.8 Å². The number of nitrogens with zero attached hydrogens (tertiary/aromatic N) is 3. The number of aliphatic hydroxyl groups is 5. The van der Waals surface area contributed by atoms with Gasteiger partial charge in [0.25, 0.3) is 5.56 Å². The number of ketones is 1. The lowest BCUT2D eigenvalue weighted by molar-refractivity contribution is -0.233. The van der Waals surface area contributed by atoms with E-state index < -0.39 is 90.0 Å². The van der Waals surface area contributed by atoms with Gasteiger partial charge in [0.05, 0.1) is 12.6 Å². The molecule has 16 heteroatoms. The third kappa shape index (κ3) is 5.24. The fourth-order valence-corrected chi connectivity index (χ4v) is 5.40. The monoisotopic (exact) mass is 570 g/mol. The fraction of sp³-hybridized carbons (Fsp3) is 0.667. The normalized spacial score (nSPS) is 36.2. The summed E-state index contributed by atoms with van der Waals surface area (Å²) in [5, 5.41) is 53.5. The first-order valence-electron chi connectivity index (χ1n) is 12.7. The number of rotatable bonds is 7. The van der Waals surface area contributed by atoms with Gasteiger partial charge < -0.3 is 44.6 Å². The zero-order valence-corrected chi connectivity index (χ0v) is 22.3. The Balaban J connectivity index is 1.75. The molecule has 4 rings (SSSR count). The van der Waals surface area contributed by atoms with E-state index in [0.717, 1.165) is 21.7 Å². The van der Waals surface area contributed by atoms with Crippen LogP contribution in [0.15, 0.2) is 33.3 Å². The number of carbonyl (C=O) groups excluding carboxylic acids is 2. The summed E-state index contributed by atoms with van der Waals surface area (Å²) in [5.41, 5.74) is -1.90. The minimum absolute atomic E-state index is 0.262. The number of aromatic amines is 1. The molecule has 0 aliphatic carbocycles. The van der Waals surface area contributed by atoms with E-state index in [1.807, 2.05) is 4.98 Å². The number of aliphatic hydroxyl groups excluding tert-OH is 5. The Kier molecular flexibility index (Phi) is 8.63. The molecule has 1 amide bonds. The summed E-state index contributed by atoms with van der Waals surface area (Å²) >= 11 is 0. The van der Waals surface area contributed by atoms with Crippen LogP contribution in [-0.4, -0.2) is 132 Å². The lowest BCUT2D eigenvalue weighted by atomic mass is 9.97. The lowest BCUT2D eigenvalue weighted by Gasteiger charge is -2.38. The van der Waals surface area contributed by atoms with Crippen LogP contribution < -0.4 is 11.2 Å². The predicted molar refractivity (Wildman–Crippen MR) is 133 cm³/mol. The maximum atomic E-state index is 13.7. The second-order valence-electron chi connectivity index (χ2n) is 10.1. The van der Waals surface area contributed by atoms with E-state index in [1.54, 1.807) is 6.92 Å². The van der Waals surface area contributed by atoms with Gasteiger partial charge in [-0.05, 0) is 13.5 Å². The number of amides is 1. The van der Waals surface area contributed by atoms with Crippen LogP contribution in [0, 0.1) is 0 Å². The molecule has 0 bridgehead atoms. The lowest BCUT2D eigenvalue weighted by Crippen LogP contribution is -2.59. The topological polar surface area (TPSA) is 224 Å². The van der Waals surface area contributed by atoms with Crippen LogP contribution in [0.4, 0.5) is 0 Å². The van der Waals surface area contributed by atoms with Crippen molar-refractivity contribution in [1.82, 2.24) is 19.4 Å². The Morgan fingerprint density at radius 1 is 1.10 bits per heavy atom. The number of nitrogens with one attached hydrogen (secondary N) is 1. The highest BCUT2D eigenvalue weighted by Gasteiger charge is 2.55. The van der Waals surface area contributed by atoms with Crippen molar-refractivity contribution in [2.45, 2.75) is 81.6 Å². The highest BCUT2D eigenvalue weighted by Crippen LogP contribution is 2.36. The Hall–Kier alpha value is -2.96. The minimum Gasteiger partial charge on any atom is -0.509 e. The first-order chi connectivity index (χ1) is 18.8. The molecule has 10 atom stereocenters. The van der Waals surface area contributed by atoms with Gasteiger partial charge in [-0.2, -0.15) is 0 Å². The van der Waals surface area contributed by atoms with E-state index in [1.165, 1.54) is 25.9 Å². The molecule has 0 aromatic carbocycles. The van der Waals surface area contributed by atoms with E-state index in [4.69, 9.17) is 14.2 Å². The molecule has 6 N–H and O–H groups in total. The molecule has 2 saturated heterocycles. The average molecular weight is 571 g/mol. The van der Waals surface area contributed by atoms with Crippen LogP contribution in [-0.2, 0) is 23.8 Å². The highest BCUT2D eigenvalue weighted by atomic mass is 16.7. The number of allylic oxidation sites excluding steroid dienone is 1. The molecule has 16 nitrogen and oxygen atoms in total. The molecule has 222 valence electrons. The number of likely N-dealkylation sites (N-methyl/N-ethyl adjacent to an activating group) is 2. The van der Waals surface area contributed by atoms with Gasteiger partial charge in [-0.15, -0.1) is 0 Å². The molecule has 1 aromatic rings. The van der Waals surface area contributed by atoms with Crippen molar-refractivity contribution >= 4 is 11.7 Å². The van der Waals surface area contributed by atoms with Crippen LogP contribution in [0.2, 0.25) is 0 Å². The summed E-state index contributed by atoms with van der Waals surface area (Å²) in [4.78, 5) is 54.2. The molecular formula is C24H34N4O12. The first kappa shape index (κ1) is 30.0. The second kappa shape index (κ2) is 11.5. The standard InChI is InChI=1S/C24H34N4O12/c1-5-11-15(32)18(35)23(38-11)40-19(14-21(36)27(4)13(9(2)29)10(30)8-26(14)3)20-16(33)17(34)22(39-20)28-7-6-12(31)25-24(28)37/h6-7,11,14-20,22-23,30,32-35H,5,8H2,1-4H3,(H,25,31,37)/t11?,14?,15?,16?,17?,18?,19-,20?,22?,23?/m0/s1. The van der Waals surface area contributed by atoms with Crippen molar-refractivity contribution in [3.63, 3.8) is 0 Å². The molecule has 9 unspecified atom stereocenters. The van der Waals surface area contributed by atoms with Crippen LogP contribution in [0.25, 0.3) is 0 Å². The molecule has 3 aliphatic heterocycles. The smallest absolute Gasteiger partial charge is 0.330 e. The number of aromatic nitrogens is 2. The number of hydrogen-bond donors (Lipinski definition) is 6. The van der Waals surface area contributed by atoms with Crippen LogP contribution >= 0.6 is 0 Å². The molecule has 4 heterocycles. The zero-order valence-electron chi connectivity index (χ0n) is 22.3. The third-order valence-electron chi connectivity index (χ3n) is 7.45. The summed E-state index contributed by atoms with van der Waals surface area (Å²) in [6, 6.07) is -0.398. The molecule has 40 heavy (non-hydrogen) atoms. The minimum atomic E-state index is -1.78. The van der Waals surface area contributed by atoms with Gasteiger partial charge in [0.2, 0.25) is 5.91 Å². The van der Waals surface area contributed by atoms with Gasteiger partial charge in [-0.25, -0.2) is 4.79 Å². The van der Waals surface area contributed by atoms with Gasteiger partial charge in [0, 0.05) is 26.2 Å². The largest absolute Gasteiger partial charge is 0.509 e. The van der Waals surface area contributed by atoms with Crippen molar-refractivity contribution in [2.24, 2.45) is 0 Å². The van der Waals surface area contributed by atoms with E-state index in [9.17, 15) is 44.7 Å². The van der Waals surface area contributed by atoms with E-state index >= 15 is 0 Å². The predicted octanol–water partition coefficient (Wildman–Crippen LogP) is -3.47. The molecule has 2 fully saturated rings. The maximum absolute atomic E-state index is 13.7. The molecule has 0 saturated carbocycles. The summed E-state index contributed by atoms with van der Waals surface area (Å²) in [6.45, 7) is 2.58. The Bertz CT molecular complexity index is 1280. The SMILES string of the molecule is CCC1OC(O[C@H](C2OC(n3ccc(=O)[nH]c3=O)C(O)C2O)C2C(=O)N(C)C(C(C)=O)=C(O)CN2C)C(O)C1O. The number of H-pyrrole nitrogens is 1. The summed E-state index contributed by atoms with van der Waals surface area (Å²) in [5.74, 6) is -1.76. The Morgan fingerprint density at radius 2 is 1.77 bits per heavy atom. The van der Waals surface area contributed by atoms with E-state index in [-0.39, 0.29) is 12.2 Å². The van der Waals surface area contributed by atoms with Crippen molar-refractivity contribution < 1.29 is 49.3 Å². The zero-order chi connectivity index (χ0) is 29.6. The first-order valence-corrected chi connectivity index (χ1v) is 12.7. The number of ether oxygens (including phenoxy) is 3. The Morgan fingerprint density at radius 3 is 2.35 bits per heavy atom. The second-order valence-corrected chi connectivity index (χ2v) is 10.1. The molecule has 0 radical (unpaired) electrons. The van der Waals surface area contributed by atoms with Crippen LogP contribution in [0.5, 0.6) is 0 Å². The number of hydrogen-bond acceptors (Lipinski definition) is 13. The van der Waals surface area contributed by atoms with Crippen LogP contribution in [0.1, 0.15) is 26.5 Å². The van der Waals surface area contributed by atoms with Crippen molar-refractivity contribution in [3.05, 3.63) is 44.6 Å². The summed E-state index contributed by atoms with van der Waals surface area (Å²) in [7, 11) is 2.70. The van der Waals surface area contributed by atoms with Crippen molar-refractivity contribution in [2.75, 3.05) is 20.6 Å². The van der Waals surface area contributed by atoms with E-state index in [2.05, 4.69) is 0 Å². The summed E-state index contributed by atoms with van der Waals surface area (Å²) in [6.07, 6.45) is -12.0. The molecule has 0 spiro atoms. The number of Topliss-reactive ketones (excluding diaryl/α,β-unsaturated/α-hetero) is 1. The van der Waals surface area contributed by atoms with Gasteiger partial charge >= 0.3 is 5.69 Å². The third-order valence-corrected chi connectivity index (χ3v) is 7.45. The average Bonchev–Trinajstić information content (AvgIpc) is 3.29. The number of carbonyl (C=O) groups is 2. The molecular weight excluding hydrogens is 536 g/mol. The quantitative estimate of drug-likeness (QED) is 0.188. The van der Waals surface area contributed by atoms with Gasteiger partial charge in [0.15, 0.2) is 18.3 Å². The van der Waals surface area contributed by atoms with Gasteiger partial charge in [0.1, 0.15) is 54.1 Å². The highest BCUT2D eigenvalue weighted by molar-refractivity contribution is 5.99. The summed E-state index contributed by atoms with van der Waals surface area (Å²) < 4.78 is 18.4. The molecule has 3 aliphatic rings. The van der Waals surface area contributed by atoms with Crippen molar-refractivity contribution in [3.8, 4) is 0 Å². The van der Waals surface area contributed by atoms with Crippen molar-refractivity contribution in [1.29, 1.82) is 0 Å². The molecule has 1 aromatic heterocycles. The van der Waals surface area contributed by atoms with Crippen LogP contribution in [0.3, 0.4) is 0 Å². The van der Waals surface area contributed by atoms with Gasteiger partial charge in [-0.1, -0.05) is 6.92 Å². The fourth-order valence-electron chi connectivity index (χ4n) is 5.40. The maximum Gasteiger partial charge on any atom is 0.330 e. The van der Waals surface area contributed by atoms with E-state index in [0.29, 0.717) is 6.42 Å². The Labute approximate surface area is 227 Å².